The minimum Gasteiger partial charge on any atom is -0.392 e. The third-order valence-corrected chi connectivity index (χ3v) is 3.36. The summed E-state index contributed by atoms with van der Waals surface area (Å²) in [5.74, 6) is 0.0802. The second-order valence-corrected chi connectivity index (χ2v) is 4.78. The number of carbonyl (C=O) groups excluding carboxylic acids is 1. The van der Waals surface area contributed by atoms with Crippen LogP contribution in [0.15, 0.2) is 54.6 Å². The van der Waals surface area contributed by atoms with E-state index in [0.717, 1.165) is 27.8 Å². The molecule has 0 radical (unpaired) electrons. The number of hydrogen-bond donors (Lipinski definition) is 1. The first-order valence-electron chi connectivity index (χ1n) is 6.61. The van der Waals surface area contributed by atoms with Gasteiger partial charge in [0.2, 0.25) is 0 Å². The summed E-state index contributed by atoms with van der Waals surface area (Å²) in [6.07, 6.45) is 1.79. The van der Waals surface area contributed by atoms with Gasteiger partial charge in [0.05, 0.1) is 6.61 Å². The molecule has 0 aliphatic rings. The van der Waals surface area contributed by atoms with Gasteiger partial charge in [0.15, 0.2) is 5.78 Å². The van der Waals surface area contributed by atoms with Crippen molar-refractivity contribution in [1.29, 1.82) is 0 Å². The second-order valence-electron chi connectivity index (χ2n) is 4.78. The zero-order valence-corrected chi connectivity index (χ0v) is 11.8. The molecule has 0 saturated heterocycles. The number of allylic oxidation sites excluding steroid dienone is 1. The lowest BCUT2D eigenvalue weighted by Gasteiger charge is -2.06. The summed E-state index contributed by atoms with van der Waals surface area (Å²) < 4.78 is 0. The molecular formula is C18H18O2. The van der Waals surface area contributed by atoms with E-state index in [1.165, 1.54) is 0 Å². The van der Waals surface area contributed by atoms with Crippen LogP contribution in [0.1, 0.15) is 29.8 Å². The molecule has 0 amide bonds. The van der Waals surface area contributed by atoms with E-state index < -0.39 is 0 Å². The van der Waals surface area contributed by atoms with Crippen molar-refractivity contribution in [2.45, 2.75) is 13.8 Å². The Hall–Kier alpha value is -2.19. The average molecular weight is 266 g/mol. The van der Waals surface area contributed by atoms with Gasteiger partial charge in [-0.15, -0.1) is 0 Å². The third kappa shape index (κ3) is 3.22. The fourth-order valence-electron chi connectivity index (χ4n) is 2.08. The zero-order chi connectivity index (χ0) is 14.5. The van der Waals surface area contributed by atoms with E-state index in [0.29, 0.717) is 0 Å². The molecule has 2 aromatic rings. The van der Waals surface area contributed by atoms with Crippen LogP contribution in [0.2, 0.25) is 0 Å². The van der Waals surface area contributed by atoms with E-state index >= 15 is 0 Å². The van der Waals surface area contributed by atoms with Crippen LogP contribution in [0.25, 0.3) is 16.7 Å². The maximum Gasteiger partial charge on any atom is 0.159 e. The van der Waals surface area contributed by atoms with Gasteiger partial charge in [0.25, 0.3) is 0 Å². The quantitative estimate of drug-likeness (QED) is 0.851. The standard InChI is InChI=1S/C18H18O2/c1-13(11-12-19)15-3-7-17(8-4-15)18-9-5-16(6-10-18)14(2)20/h3-11,19H,12H2,1-2H3. The van der Waals surface area contributed by atoms with Gasteiger partial charge in [-0.05, 0) is 36.1 Å². The highest BCUT2D eigenvalue weighted by Gasteiger charge is 2.02. The highest BCUT2D eigenvalue weighted by molar-refractivity contribution is 5.94. The van der Waals surface area contributed by atoms with Gasteiger partial charge in [-0.25, -0.2) is 0 Å². The fraction of sp³-hybridized carbons (Fsp3) is 0.167. The number of aliphatic hydroxyl groups is 1. The van der Waals surface area contributed by atoms with Crippen molar-refractivity contribution < 1.29 is 9.90 Å². The SMILES string of the molecule is CC(=O)c1ccc(-c2ccc(C(C)=CCO)cc2)cc1. The molecule has 0 atom stereocenters. The first kappa shape index (κ1) is 14.2. The van der Waals surface area contributed by atoms with Crippen molar-refractivity contribution in [2.75, 3.05) is 6.61 Å². The average Bonchev–Trinajstić information content (AvgIpc) is 2.48. The predicted molar refractivity (Wildman–Crippen MR) is 82.6 cm³/mol. The van der Waals surface area contributed by atoms with Gasteiger partial charge in [0.1, 0.15) is 0 Å². The normalized spacial score (nSPS) is 11.4. The summed E-state index contributed by atoms with van der Waals surface area (Å²) in [5, 5.41) is 8.90. The highest BCUT2D eigenvalue weighted by atomic mass is 16.2. The number of Topliss-reactive ketones (excluding diaryl/α,β-unsaturated/α-hetero) is 1. The number of aliphatic hydroxyl groups excluding tert-OH is 1. The van der Waals surface area contributed by atoms with Crippen molar-refractivity contribution >= 4 is 11.4 Å². The minimum atomic E-state index is 0.0556. The molecule has 102 valence electrons. The Bertz CT molecular complexity index is 619. The van der Waals surface area contributed by atoms with Crippen molar-refractivity contribution in [3.63, 3.8) is 0 Å². The van der Waals surface area contributed by atoms with Gasteiger partial charge in [-0.2, -0.15) is 0 Å². The summed E-state index contributed by atoms with van der Waals surface area (Å²) in [5.41, 5.74) is 5.09. The molecule has 0 unspecified atom stereocenters. The molecule has 0 bridgehead atoms. The minimum absolute atomic E-state index is 0.0556. The maximum absolute atomic E-state index is 11.2. The molecule has 0 heterocycles. The fourth-order valence-corrected chi connectivity index (χ4v) is 2.08. The first-order valence-corrected chi connectivity index (χ1v) is 6.61. The number of hydrogen-bond acceptors (Lipinski definition) is 2. The summed E-state index contributed by atoms with van der Waals surface area (Å²) in [4.78, 5) is 11.2. The van der Waals surface area contributed by atoms with E-state index in [1.807, 2.05) is 55.5 Å². The van der Waals surface area contributed by atoms with Crippen LogP contribution in [-0.4, -0.2) is 17.5 Å². The number of benzene rings is 2. The maximum atomic E-state index is 11.2. The summed E-state index contributed by atoms with van der Waals surface area (Å²) in [6.45, 7) is 3.60. The van der Waals surface area contributed by atoms with Crippen LogP contribution in [0.3, 0.4) is 0 Å². The highest BCUT2D eigenvalue weighted by Crippen LogP contribution is 2.23. The molecule has 0 saturated carbocycles. The molecule has 2 nitrogen and oxygen atoms in total. The van der Waals surface area contributed by atoms with Crippen molar-refractivity contribution in [3.05, 3.63) is 65.7 Å². The molecule has 2 heteroatoms. The van der Waals surface area contributed by atoms with Gasteiger partial charge in [-0.1, -0.05) is 54.6 Å². The van der Waals surface area contributed by atoms with E-state index in [2.05, 4.69) is 0 Å². The summed E-state index contributed by atoms with van der Waals surface area (Å²) >= 11 is 0. The zero-order valence-electron chi connectivity index (χ0n) is 11.8. The number of ketones is 1. The van der Waals surface area contributed by atoms with Crippen LogP contribution < -0.4 is 0 Å². The molecule has 20 heavy (non-hydrogen) atoms. The first-order chi connectivity index (χ1) is 9.61. The largest absolute Gasteiger partial charge is 0.392 e. The Morgan fingerprint density at radius 1 is 0.900 bits per heavy atom. The predicted octanol–water partition coefficient (Wildman–Crippen LogP) is 3.95. The molecule has 0 fully saturated rings. The second kappa shape index (κ2) is 6.31. The Kier molecular flexibility index (Phi) is 4.49. The Labute approximate surface area is 119 Å². The van der Waals surface area contributed by atoms with E-state index in [-0.39, 0.29) is 12.4 Å². The number of rotatable bonds is 4. The van der Waals surface area contributed by atoms with Crippen molar-refractivity contribution in [3.8, 4) is 11.1 Å². The van der Waals surface area contributed by atoms with E-state index in [9.17, 15) is 4.79 Å². The van der Waals surface area contributed by atoms with E-state index in [1.54, 1.807) is 13.0 Å². The van der Waals surface area contributed by atoms with Crippen LogP contribution in [-0.2, 0) is 0 Å². The van der Waals surface area contributed by atoms with Crippen LogP contribution in [0.4, 0.5) is 0 Å². The summed E-state index contributed by atoms with van der Waals surface area (Å²) in [6, 6.07) is 15.8. The van der Waals surface area contributed by atoms with Gasteiger partial charge in [-0.3, -0.25) is 4.79 Å². The van der Waals surface area contributed by atoms with Crippen molar-refractivity contribution in [1.82, 2.24) is 0 Å². The Morgan fingerprint density at radius 3 is 1.75 bits per heavy atom. The molecule has 0 aliphatic carbocycles. The molecule has 2 rings (SSSR count). The van der Waals surface area contributed by atoms with Crippen LogP contribution >= 0.6 is 0 Å². The van der Waals surface area contributed by atoms with Crippen LogP contribution in [0.5, 0.6) is 0 Å². The van der Waals surface area contributed by atoms with E-state index in [4.69, 9.17) is 5.11 Å². The summed E-state index contributed by atoms with van der Waals surface area (Å²) in [7, 11) is 0. The molecular weight excluding hydrogens is 248 g/mol. The van der Waals surface area contributed by atoms with Gasteiger partial charge in [0, 0.05) is 5.56 Å². The Morgan fingerprint density at radius 2 is 1.35 bits per heavy atom. The molecule has 0 spiro atoms. The Balaban J connectivity index is 2.26. The monoisotopic (exact) mass is 266 g/mol. The topological polar surface area (TPSA) is 37.3 Å². The van der Waals surface area contributed by atoms with Crippen LogP contribution in [0, 0.1) is 0 Å². The molecule has 1 N–H and O–H groups in total. The molecule has 0 aliphatic heterocycles. The number of carbonyl (C=O) groups is 1. The lowest BCUT2D eigenvalue weighted by atomic mass is 9.99. The molecule has 0 aromatic heterocycles. The third-order valence-electron chi connectivity index (χ3n) is 3.36. The molecule has 2 aromatic carbocycles. The van der Waals surface area contributed by atoms with Gasteiger partial charge >= 0.3 is 0 Å². The lowest BCUT2D eigenvalue weighted by Crippen LogP contribution is -1.90. The van der Waals surface area contributed by atoms with Crippen molar-refractivity contribution in [2.24, 2.45) is 0 Å². The smallest absolute Gasteiger partial charge is 0.159 e. The van der Waals surface area contributed by atoms with Gasteiger partial charge < -0.3 is 5.11 Å². The lowest BCUT2D eigenvalue weighted by molar-refractivity contribution is 0.101.